The number of carbonyl (C=O) groups is 2. The van der Waals surface area contributed by atoms with Crippen molar-refractivity contribution in [2.24, 2.45) is 17.4 Å². The van der Waals surface area contributed by atoms with E-state index in [0.29, 0.717) is 19.3 Å². The first-order valence-electron chi connectivity index (χ1n) is 22.6. The summed E-state index contributed by atoms with van der Waals surface area (Å²) < 4.78 is 6.11. The Morgan fingerprint density at radius 3 is 1.40 bits per heavy atom. The number of ether oxygens (including phenoxy) is 1. The van der Waals surface area contributed by atoms with E-state index in [0.717, 1.165) is 38.5 Å². The van der Waals surface area contributed by atoms with Crippen LogP contribution >= 0.6 is 0 Å². The number of ketones is 1. The summed E-state index contributed by atoms with van der Waals surface area (Å²) in [6.45, 7) is 8.72. The van der Waals surface area contributed by atoms with Crippen molar-refractivity contribution in [3.63, 3.8) is 0 Å². The highest BCUT2D eigenvalue weighted by Gasteiger charge is 2.56. The van der Waals surface area contributed by atoms with Crippen LogP contribution in [0.5, 0.6) is 0 Å². The third kappa shape index (κ3) is 21.7. The molecule has 1 aliphatic rings. The SMILES string of the molecule is CCCCCCCCCCCCCCCCCC(=O)N(CCCCCCCCCCCCCC)[C@]1(N)O[C@H](CC(=O)[C@@H](N)CC(C)C)[C@@H](O)[C@H](O)[C@H]1O. The topological polar surface area (TPSA) is 159 Å². The third-order valence-electron chi connectivity index (χ3n) is 11.3. The zero-order valence-electron chi connectivity index (χ0n) is 35.1. The highest BCUT2D eigenvalue weighted by atomic mass is 16.6. The van der Waals surface area contributed by atoms with Crippen molar-refractivity contribution in [2.75, 3.05) is 6.54 Å². The smallest absolute Gasteiger partial charge is 0.227 e. The Hall–Kier alpha value is -1.10. The van der Waals surface area contributed by atoms with Gasteiger partial charge in [0.25, 0.3) is 0 Å². The van der Waals surface area contributed by atoms with Crippen LogP contribution in [0.1, 0.15) is 220 Å². The van der Waals surface area contributed by atoms with Crippen molar-refractivity contribution in [1.82, 2.24) is 4.90 Å². The first kappa shape index (κ1) is 49.9. The van der Waals surface area contributed by atoms with Crippen LogP contribution in [0.2, 0.25) is 0 Å². The summed E-state index contributed by atoms with van der Waals surface area (Å²) in [6, 6.07) is -0.745. The number of unbranched alkanes of at least 4 members (excludes halogenated alkanes) is 25. The molecule has 0 radical (unpaired) electrons. The molecule has 9 nitrogen and oxygen atoms in total. The molecule has 1 saturated heterocycles. The zero-order chi connectivity index (χ0) is 39.3. The first-order valence-corrected chi connectivity index (χ1v) is 22.6. The maximum absolute atomic E-state index is 13.8. The molecule has 1 fully saturated rings. The van der Waals surface area contributed by atoms with Crippen LogP contribution in [0.25, 0.3) is 0 Å². The van der Waals surface area contributed by atoms with Crippen molar-refractivity contribution < 1.29 is 29.6 Å². The number of nitrogens with zero attached hydrogens (tertiary/aromatic N) is 1. The quantitative estimate of drug-likeness (QED) is 0.0317. The van der Waals surface area contributed by atoms with Crippen molar-refractivity contribution in [3.8, 4) is 0 Å². The van der Waals surface area contributed by atoms with Gasteiger partial charge >= 0.3 is 0 Å². The molecule has 53 heavy (non-hydrogen) atoms. The number of rotatable bonds is 35. The lowest BCUT2D eigenvalue weighted by Gasteiger charge is -2.51. The molecule has 1 amide bonds. The largest absolute Gasteiger partial charge is 0.388 e. The van der Waals surface area contributed by atoms with E-state index in [1.807, 2.05) is 13.8 Å². The van der Waals surface area contributed by atoms with Gasteiger partial charge in [-0.3, -0.25) is 20.2 Å². The Balaban J connectivity index is 2.68. The van der Waals surface area contributed by atoms with Crippen LogP contribution in [0.3, 0.4) is 0 Å². The van der Waals surface area contributed by atoms with Gasteiger partial charge in [-0.2, -0.15) is 0 Å². The Morgan fingerprint density at radius 2 is 1.00 bits per heavy atom. The molecule has 0 saturated carbocycles. The van der Waals surface area contributed by atoms with Crippen LogP contribution < -0.4 is 11.5 Å². The van der Waals surface area contributed by atoms with Gasteiger partial charge in [0.2, 0.25) is 11.8 Å². The predicted octanol–water partition coefficient (Wildman–Crippen LogP) is 9.20. The van der Waals surface area contributed by atoms with E-state index in [1.165, 1.54) is 127 Å². The maximum atomic E-state index is 13.8. The van der Waals surface area contributed by atoms with Gasteiger partial charge < -0.3 is 25.8 Å². The Morgan fingerprint density at radius 1 is 0.623 bits per heavy atom. The second-order valence-electron chi connectivity index (χ2n) is 16.9. The van der Waals surface area contributed by atoms with Gasteiger partial charge in [0.05, 0.1) is 12.1 Å². The fourth-order valence-electron chi connectivity index (χ4n) is 7.80. The van der Waals surface area contributed by atoms with Crippen LogP contribution in [0, 0.1) is 5.92 Å². The molecule has 0 aromatic heterocycles. The van der Waals surface area contributed by atoms with E-state index in [-0.39, 0.29) is 37.0 Å². The molecular formula is C44H87N3O6. The molecule has 0 aromatic rings. The van der Waals surface area contributed by atoms with E-state index < -0.39 is 36.3 Å². The van der Waals surface area contributed by atoms with Gasteiger partial charge in [0.15, 0.2) is 5.78 Å². The van der Waals surface area contributed by atoms with Crippen molar-refractivity contribution >= 4 is 11.7 Å². The number of aliphatic hydroxyl groups excluding tert-OH is 3. The number of Topliss-reactive ketones (excluding diaryl/α,β-unsaturated/α-hetero) is 1. The molecule has 1 aliphatic heterocycles. The average Bonchev–Trinajstić information content (AvgIpc) is 3.12. The molecule has 0 aromatic carbocycles. The molecule has 314 valence electrons. The minimum Gasteiger partial charge on any atom is -0.388 e. The van der Waals surface area contributed by atoms with Gasteiger partial charge in [-0.05, 0) is 25.2 Å². The molecule has 1 rings (SSSR count). The van der Waals surface area contributed by atoms with Crippen molar-refractivity contribution in [3.05, 3.63) is 0 Å². The fourth-order valence-corrected chi connectivity index (χ4v) is 7.80. The lowest BCUT2D eigenvalue weighted by Crippen LogP contribution is -2.76. The molecule has 0 unspecified atom stereocenters. The minimum absolute atomic E-state index is 0.204. The number of carbonyl (C=O) groups excluding carboxylic acids is 2. The normalized spacial score (nSPS) is 22.4. The van der Waals surface area contributed by atoms with E-state index in [9.17, 15) is 24.9 Å². The fraction of sp³-hybridized carbons (Fsp3) is 0.955. The number of nitrogens with two attached hydrogens (primary N) is 2. The molecule has 6 atom stereocenters. The zero-order valence-corrected chi connectivity index (χ0v) is 35.1. The van der Waals surface area contributed by atoms with Gasteiger partial charge in [0, 0.05) is 19.4 Å². The van der Waals surface area contributed by atoms with Gasteiger partial charge in [-0.25, -0.2) is 0 Å². The summed E-state index contributed by atoms with van der Waals surface area (Å²) >= 11 is 0. The summed E-state index contributed by atoms with van der Waals surface area (Å²) in [7, 11) is 0. The molecule has 1 heterocycles. The second-order valence-corrected chi connectivity index (χ2v) is 16.9. The number of hydrogen-bond donors (Lipinski definition) is 5. The summed E-state index contributed by atoms with van der Waals surface area (Å²) in [5, 5.41) is 33.0. The highest BCUT2D eigenvalue weighted by Crippen LogP contribution is 2.32. The number of aliphatic hydroxyl groups is 3. The van der Waals surface area contributed by atoms with Crippen LogP contribution in [-0.2, 0) is 14.3 Å². The lowest BCUT2D eigenvalue weighted by atomic mass is 9.89. The van der Waals surface area contributed by atoms with Gasteiger partial charge in [-0.15, -0.1) is 0 Å². The monoisotopic (exact) mass is 754 g/mol. The number of hydrogen-bond acceptors (Lipinski definition) is 8. The van der Waals surface area contributed by atoms with Gasteiger partial charge in [0.1, 0.15) is 18.3 Å². The molecule has 0 spiro atoms. The summed E-state index contributed by atoms with van der Waals surface area (Å²) in [5.41, 5.74) is 12.9. The Kier molecular flexibility index (Phi) is 29.2. The predicted molar refractivity (Wildman–Crippen MR) is 219 cm³/mol. The Bertz CT molecular complexity index is 906. The summed E-state index contributed by atoms with van der Waals surface area (Å²) in [6.07, 6.45) is 26.9. The Labute approximate surface area is 326 Å². The maximum Gasteiger partial charge on any atom is 0.227 e. The van der Waals surface area contributed by atoms with E-state index >= 15 is 0 Å². The van der Waals surface area contributed by atoms with E-state index in [4.69, 9.17) is 16.2 Å². The third-order valence-corrected chi connectivity index (χ3v) is 11.3. The molecule has 7 N–H and O–H groups in total. The molecule has 9 heteroatoms. The molecular weight excluding hydrogens is 666 g/mol. The van der Waals surface area contributed by atoms with Crippen LogP contribution in [-0.4, -0.2) is 74.8 Å². The van der Waals surface area contributed by atoms with E-state index in [2.05, 4.69) is 13.8 Å². The summed E-state index contributed by atoms with van der Waals surface area (Å²) in [4.78, 5) is 28.2. The van der Waals surface area contributed by atoms with E-state index in [1.54, 1.807) is 0 Å². The molecule has 0 aliphatic carbocycles. The number of amides is 1. The lowest BCUT2D eigenvalue weighted by molar-refractivity contribution is -0.309. The van der Waals surface area contributed by atoms with Gasteiger partial charge in [-0.1, -0.05) is 188 Å². The van der Waals surface area contributed by atoms with Crippen LogP contribution in [0.4, 0.5) is 0 Å². The van der Waals surface area contributed by atoms with Crippen molar-refractivity contribution in [1.29, 1.82) is 0 Å². The first-order chi connectivity index (χ1) is 25.5. The highest BCUT2D eigenvalue weighted by molar-refractivity contribution is 5.84. The average molecular weight is 754 g/mol. The second kappa shape index (κ2) is 31.0. The van der Waals surface area contributed by atoms with Crippen molar-refractivity contribution in [2.45, 2.75) is 257 Å². The van der Waals surface area contributed by atoms with Crippen LogP contribution in [0.15, 0.2) is 0 Å². The minimum atomic E-state index is -2.07. The standard InChI is InChI=1S/C44H87N3O6/c1-5-7-9-11-13-15-17-19-20-21-22-24-26-28-30-32-40(49)47(33-31-29-27-25-23-18-16-14-12-10-8-6-2)44(46)43(52)42(51)41(50)39(53-44)35-38(48)37(45)34-36(3)4/h36-37,39,41-43,50-52H,5-35,45-46H2,1-4H3/t37-,39+,41+,42-,43+,44-/m0/s1. The molecule has 0 bridgehead atoms. The summed E-state index contributed by atoms with van der Waals surface area (Å²) in [5.74, 6) is -2.42.